The van der Waals surface area contributed by atoms with E-state index >= 15 is 0 Å². The van der Waals surface area contributed by atoms with Crippen molar-refractivity contribution in [3.8, 4) is 40.1 Å². The lowest BCUT2D eigenvalue weighted by Crippen LogP contribution is -2.08. The molecule has 2 N–H and O–H groups in total. The maximum absolute atomic E-state index is 12.8. The molecule has 0 fully saturated rings. The Balaban J connectivity index is 2.15. The van der Waals surface area contributed by atoms with Gasteiger partial charge >= 0.3 is 0 Å². The number of methoxy groups -OCH3 is 2. The summed E-state index contributed by atoms with van der Waals surface area (Å²) in [7, 11) is 2.85. The third kappa shape index (κ3) is 3.99. The van der Waals surface area contributed by atoms with Crippen LogP contribution in [0.5, 0.6) is 28.7 Å². The van der Waals surface area contributed by atoms with Gasteiger partial charge in [-0.1, -0.05) is 5.57 Å². The molecule has 0 saturated carbocycles. The predicted octanol–water partition coefficient (Wildman–Crippen LogP) is 4.23. The molecule has 3 rings (SSSR count). The van der Waals surface area contributed by atoms with E-state index in [-0.39, 0.29) is 34.0 Å². The lowest BCUT2D eigenvalue weighted by molar-refractivity contribution is 0.326. The number of aromatic hydroxyl groups is 2. The van der Waals surface area contributed by atoms with Crippen molar-refractivity contribution in [2.75, 3.05) is 20.8 Å². The SMILES string of the molecule is COc1cc(-c2oc3cc(O)cc(O)c3c(=O)c2OC)ccc1OCC=C(C)C. The Kier molecular flexibility index (Phi) is 5.68. The van der Waals surface area contributed by atoms with Gasteiger partial charge in [-0.05, 0) is 38.1 Å². The molecule has 152 valence electrons. The first-order valence-corrected chi connectivity index (χ1v) is 8.87. The van der Waals surface area contributed by atoms with Gasteiger partial charge in [0.05, 0.1) is 14.2 Å². The van der Waals surface area contributed by atoms with Gasteiger partial charge < -0.3 is 28.8 Å². The van der Waals surface area contributed by atoms with Crippen molar-refractivity contribution in [2.24, 2.45) is 0 Å². The van der Waals surface area contributed by atoms with Crippen LogP contribution in [0, 0.1) is 0 Å². The lowest BCUT2D eigenvalue weighted by atomic mass is 10.1. The zero-order chi connectivity index (χ0) is 21.1. The van der Waals surface area contributed by atoms with E-state index in [1.165, 1.54) is 20.3 Å². The zero-order valence-corrected chi connectivity index (χ0v) is 16.6. The molecule has 0 radical (unpaired) electrons. The van der Waals surface area contributed by atoms with Crippen LogP contribution in [0.3, 0.4) is 0 Å². The predicted molar refractivity (Wildman–Crippen MR) is 109 cm³/mol. The molecule has 0 saturated heterocycles. The maximum Gasteiger partial charge on any atom is 0.239 e. The number of ether oxygens (including phenoxy) is 3. The van der Waals surface area contributed by atoms with Crippen LogP contribution in [-0.4, -0.2) is 31.0 Å². The zero-order valence-electron chi connectivity index (χ0n) is 16.6. The van der Waals surface area contributed by atoms with Gasteiger partial charge in [-0.15, -0.1) is 0 Å². The Morgan fingerprint density at radius 1 is 1.07 bits per heavy atom. The Labute approximate surface area is 167 Å². The monoisotopic (exact) mass is 398 g/mol. The van der Waals surface area contributed by atoms with Crippen LogP contribution in [-0.2, 0) is 0 Å². The highest BCUT2D eigenvalue weighted by atomic mass is 16.5. The molecule has 0 aliphatic rings. The molecule has 0 unspecified atom stereocenters. The molecule has 0 atom stereocenters. The minimum absolute atomic E-state index is 0.0335. The topological polar surface area (TPSA) is 98.4 Å². The third-order valence-electron chi connectivity index (χ3n) is 4.28. The van der Waals surface area contributed by atoms with Crippen molar-refractivity contribution in [3.05, 3.63) is 52.2 Å². The van der Waals surface area contributed by atoms with Gasteiger partial charge in [-0.25, -0.2) is 0 Å². The van der Waals surface area contributed by atoms with Crippen molar-refractivity contribution in [1.82, 2.24) is 0 Å². The first-order chi connectivity index (χ1) is 13.8. The van der Waals surface area contributed by atoms with Crippen molar-refractivity contribution in [1.29, 1.82) is 0 Å². The molecular weight excluding hydrogens is 376 g/mol. The standard InChI is InChI=1S/C22H22O7/c1-12(2)7-8-28-16-6-5-13(9-17(16)26-3)21-22(27-4)20(25)19-15(24)10-14(23)11-18(19)29-21/h5-7,9-11,23-24H,8H2,1-4H3. The molecule has 1 aromatic heterocycles. The first-order valence-electron chi connectivity index (χ1n) is 8.87. The van der Waals surface area contributed by atoms with E-state index in [9.17, 15) is 15.0 Å². The molecule has 2 aromatic carbocycles. The number of hydrogen-bond donors (Lipinski definition) is 2. The molecule has 3 aromatic rings. The van der Waals surface area contributed by atoms with E-state index in [1.807, 2.05) is 19.9 Å². The van der Waals surface area contributed by atoms with Crippen LogP contribution in [0.15, 0.2) is 51.2 Å². The highest BCUT2D eigenvalue weighted by Crippen LogP contribution is 2.38. The highest BCUT2D eigenvalue weighted by molar-refractivity contribution is 5.88. The number of benzene rings is 2. The fourth-order valence-electron chi connectivity index (χ4n) is 2.87. The van der Waals surface area contributed by atoms with Gasteiger partial charge in [0.2, 0.25) is 11.2 Å². The van der Waals surface area contributed by atoms with Crippen molar-refractivity contribution < 1.29 is 28.8 Å². The molecule has 0 aliphatic heterocycles. The number of phenolic OH excluding ortho intramolecular Hbond substituents is 2. The van der Waals surface area contributed by atoms with Crippen LogP contribution in [0.1, 0.15) is 13.8 Å². The number of fused-ring (bicyclic) bond motifs is 1. The van der Waals surface area contributed by atoms with Gasteiger partial charge in [0.25, 0.3) is 0 Å². The minimum Gasteiger partial charge on any atom is -0.508 e. The molecular formula is C22H22O7. The summed E-state index contributed by atoms with van der Waals surface area (Å²) in [6.07, 6.45) is 1.94. The van der Waals surface area contributed by atoms with Gasteiger partial charge in [-0.2, -0.15) is 0 Å². The van der Waals surface area contributed by atoms with E-state index in [4.69, 9.17) is 18.6 Å². The van der Waals surface area contributed by atoms with E-state index < -0.39 is 5.43 Å². The van der Waals surface area contributed by atoms with Crippen molar-refractivity contribution in [3.63, 3.8) is 0 Å². The fraction of sp³-hybridized carbons (Fsp3) is 0.227. The Morgan fingerprint density at radius 3 is 2.48 bits per heavy atom. The molecule has 0 aliphatic carbocycles. The van der Waals surface area contributed by atoms with E-state index in [2.05, 4.69) is 0 Å². The fourth-order valence-corrected chi connectivity index (χ4v) is 2.87. The first kappa shape index (κ1) is 20.1. The van der Waals surface area contributed by atoms with Gasteiger partial charge in [0.1, 0.15) is 29.1 Å². The van der Waals surface area contributed by atoms with E-state index in [1.54, 1.807) is 18.2 Å². The van der Waals surface area contributed by atoms with Gasteiger partial charge in [0, 0.05) is 17.7 Å². The summed E-state index contributed by atoms with van der Waals surface area (Å²) in [4.78, 5) is 12.8. The molecule has 7 heteroatoms. The van der Waals surface area contributed by atoms with Crippen LogP contribution < -0.4 is 19.6 Å². The summed E-state index contributed by atoms with van der Waals surface area (Å²) in [6.45, 7) is 4.35. The second kappa shape index (κ2) is 8.18. The van der Waals surface area contributed by atoms with E-state index in [0.717, 1.165) is 11.6 Å². The average Bonchev–Trinajstić information content (AvgIpc) is 2.67. The van der Waals surface area contributed by atoms with Crippen LogP contribution in [0.2, 0.25) is 0 Å². The molecule has 0 amide bonds. The summed E-state index contributed by atoms with van der Waals surface area (Å²) in [5.74, 6) is 0.441. The molecule has 29 heavy (non-hydrogen) atoms. The quantitative estimate of drug-likeness (QED) is 0.600. The van der Waals surface area contributed by atoms with Gasteiger partial charge in [0.15, 0.2) is 17.3 Å². The summed E-state index contributed by atoms with van der Waals surface area (Å²) in [6, 6.07) is 7.40. The Hall–Kier alpha value is -3.61. The Bertz CT molecular complexity index is 1140. The van der Waals surface area contributed by atoms with Crippen molar-refractivity contribution in [2.45, 2.75) is 13.8 Å². The van der Waals surface area contributed by atoms with E-state index in [0.29, 0.717) is 23.7 Å². The van der Waals surface area contributed by atoms with Crippen molar-refractivity contribution >= 4 is 11.0 Å². The number of rotatable bonds is 6. The average molecular weight is 398 g/mol. The summed E-state index contributed by atoms with van der Waals surface area (Å²) >= 11 is 0. The van der Waals surface area contributed by atoms with Crippen LogP contribution >= 0.6 is 0 Å². The second-order valence-electron chi connectivity index (χ2n) is 6.59. The molecule has 1 heterocycles. The lowest BCUT2D eigenvalue weighted by Gasteiger charge is -2.13. The number of allylic oxidation sites excluding steroid dienone is 1. The molecule has 0 bridgehead atoms. The number of phenols is 2. The van der Waals surface area contributed by atoms with Crippen LogP contribution in [0.25, 0.3) is 22.3 Å². The Morgan fingerprint density at radius 2 is 1.83 bits per heavy atom. The molecule has 7 nitrogen and oxygen atoms in total. The summed E-state index contributed by atoms with van der Waals surface area (Å²) in [5, 5.41) is 19.7. The smallest absolute Gasteiger partial charge is 0.239 e. The third-order valence-corrected chi connectivity index (χ3v) is 4.28. The number of hydrogen-bond acceptors (Lipinski definition) is 7. The summed E-state index contributed by atoms with van der Waals surface area (Å²) in [5.41, 5.74) is 1.13. The maximum atomic E-state index is 12.8. The second-order valence-corrected chi connectivity index (χ2v) is 6.59. The van der Waals surface area contributed by atoms with Crippen LogP contribution in [0.4, 0.5) is 0 Å². The normalized spacial score (nSPS) is 10.6. The summed E-state index contributed by atoms with van der Waals surface area (Å²) < 4.78 is 22.2. The minimum atomic E-state index is -0.552. The van der Waals surface area contributed by atoms with Gasteiger partial charge in [-0.3, -0.25) is 4.79 Å². The largest absolute Gasteiger partial charge is 0.508 e. The molecule has 0 spiro atoms. The highest BCUT2D eigenvalue weighted by Gasteiger charge is 2.21.